The van der Waals surface area contributed by atoms with Crippen molar-refractivity contribution in [2.24, 2.45) is 5.73 Å². The third-order valence-electron chi connectivity index (χ3n) is 4.05. The number of hydrogen-bond donors (Lipinski definition) is 1. The Balaban J connectivity index is 2.06. The molecule has 2 N–H and O–H groups in total. The highest BCUT2D eigenvalue weighted by Gasteiger charge is 2.35. The molecule has 1 aliphatic rings. The van der Waals surface area contributed by atoms with Crippen LogP contribution < -0.4 is 5.73 Å². The number of likely N-dealkylation sites (tertiary alicyclic amines) is 1. The van der Waals surface area contributed by atoms with E-state index in [1.54, 1.807) is 11.3 Å². The fourth-order valence-electron chi connectivity index (χ4n) is 3.11. The number of fused-ring (bicyclic) bond motifs is 1. The third kappa shape index (κ3) is 2.23. The predicted molar refractivity (Wildman–Crippen MR) is 83.8 cm³/mol. The smallest absolute Gasteiger partial charge is 0.223 e. The van der Waals surface area contributed by atoms with Crippen molar-refractivity contribution in [3.05, 3.63) is 35.2 Å². The van der Waals surface area contributed by atoms with Crippen LogP contribution in [0, 0.1) is 0 Å². The normalized spacial score (nSPS) is 23.5. The molecular weight excluding hydrogens is 268 g/mol. The van der Waals surface area contributed by atoms with Crippen LogP contribution in [0.2, 0.25) is 0 Å². The van der Waals surface area contributed by atoms with Gasteiger partial charge in [-0.3, -0.25) is 4.79 Å². The number of thiophene rings is 1. The summed E-state index contributed by atoms with van der Waals surface area (Å²) in [6.45, 7) is 2.90. The van der Waals surface area contributed by atoms with E-state index in [0.29, 0.717) is 6.42 Å². The van der Waals surface area contributed by atoms with E-state index in [1.165, 1.54) is 15.6 Å². The van der Waals surface area contributed by atoms with Crippen LogP contribution in [0.1, 0.15) is 37.8 Å². The summed E-state index contributed by atoms with van der Waals surface area (Å²) in [5.41, 5.74) is 7.58. The summed E-state index contributed by atoms with van der Waals surface area (Å²) < 4.78 is 1.27. The molecule has 1 aliphatic heterocycles. The molecule has 2 aromatic rings. The summed E-state index contributed by atoms with van der Waals surface area (Å²) in [5, 5.41) is 3.42. The first-order valence-corrected chi connectivity index (χ1v) is 8.11. The second-order valence-corrected chi connectivity index (χ2v) is 6.33. The maximum absolute atomic E-state index is 12.2. The van der Waals surface area contributed by atoms with E-state index >= 15 is 0 Å². The lowest BCUT2D eigenvalue weighted by Gasteiger charge is -2.39. The largest absolute Gasteiger partial charge is 0.334 e. The Morgan fingerprint density at radius 2 is 2.20 bits per heavy atom. The van der Waals surface area contributed by atoms with Crippen molar-refractivity contribution in [3.63, 3.8) is 0 Å². The fraction of sp³-hybridized carbons (Fsp3) is 0.438. The lowest BCUT2D eigenvalue weighted by molar-refractivity contribution is -0.137. The Morgan fingerprint density at radius 1 is 1.40 bits per heavy atom. The number of nitrogens with zero attached hydrogens (tertiary/aromatic N) is 1. The molecule has 2 heterocycles. The SMILES string of the molecule is CCCN1C(=O)CCC(N)C1c1csc2ccccc12. The molecule has 1 saturated heterocycles. The van der Waals surface area contributed by atoms with Crippen LogP contribution in [0.15, 0.2) is 29.6 Å². The molecule has 1 fully saturated rings. The van der Waals surface area contributed by atoms with Gasteiger partial charge in [0.2, 0.25) is 5.91 Å². The van der Waals surface area contributed by atoms with Crippen molar-refractivity contribution in [1.82, 2.24) is 4.90 Å². The first-order chi connectivity index (χ1) is 9.72. The molecule has 20 heavy (non-hydrogen) atoms. The zero-order valence-electron chi connectivity index (χ0n) is 11.7. The lowest BCUT2D eigenvalue weighted by Crippen LogP contribution is -2.48. The van der Waals surface area contributed by atoms with Gasteiger partial charge in [-0.15, -0.1) is 11.3 Å². The Hall–Kier alpha value is -1.39. The second-order valence-electron chi connectivity index (χ2n) is 5.42. The Bertz CT molecular complexity index is 622. The summed E-state index contributed by atoms with van der Waals surface area (Å²) in [4.78, 5) is 14.2. The topological polar surface area (TPSA) is 46.3 Å². The molecule has 0 bridgehead atoms. The highest BCUT2D eigenvalue weighted by Crippen LogP contribution is 2.38. The van der Waals surface area contributed by atoms with Crippen molar-refractivity contribution < 1.29 is 4.79 Å². The average Bonchev–Trinajstić information content (AvgIpc) is 2.87. The van der Waals surface area contributed by atoms with Crippen LogP contribution in [-0.2, 0) is 4.79 Å². The highest BCUT2D eigenvalue weighted by atomic mass is 32.1. The zero-order valence-corrected chi connectivity index (χ0v) is 12.5. The maximum atomic E-state index is 12.2. The monoisotopic (exact) mass is 288 g/mol. The quantitative estimate of drug-likeness (QED) is 0.942. The molecule has 106 valence electrons. The maximum Gasteiger partial charge on any atom is 0.223 e. The summed E-state index contributed by atoms with van der Waals surface area (Å²) in [5.74, 6) is 0.244. The van der Waals surface area contributed by atoms with E-state index in [4.69, 9.17) is 5.73 Å². The van der Waals surface area contributed by atoms with Crippen molar-refractivity contribution >= 4 is 27.3 Å². The minimum absolute atomic E-state index is 0.0346. The van der Waals surface area contributed by atoms with Crippen molar-refractivity contribution in [2.75, 3.05) is 6.54 Å². The van der Waals surface area contributed by atoms with E-state index in [0.717, 1.165) is 19.4 Å². The van der Waals surface area contributed by atoms with Gasteiger partial charge in [-0.2, -0.15) is 0 Å². The predicted octanol–water partition coefficient (Wildman–Crippen LogP) is 3.30. The lowest BCUT2D eigenvalue weighted by atomic mass is 9.90. The van der Waals surface area contributed by atoms with Crippen LogP contribution in [0.5, 0.6) is 0 Å². The van der Waals surface area contributed by atoms with Gasteiger partial charge in [-0.1, -0.05) is 25.1 Å². The van der Waals surface area contributed by atoms with Crippen molar-refractivity contribution in [2.45, 2.75) is 38.3 Å². The Morgan fingerprint density at radius 3 is 3.00 bits per heavy atom. The molecule has 1 aromatic carbocycles. The van der Waals surface area contributed by atoms with E-state index < -0.39 is 0 Å². The molecule has 0 spiro atoms. The number of amides is 1. The number of carbonyl (C=O) groups is 1. The molecule has 1 aromatic heterocycles. The van der Waals surface area contributed by atoms with E-state index in [-0.39, 0.29) is 18.0 Å². The zero-order chi connectivity index (χ0) is 14.1. The third-order valence-corrected chi connectivity index (χ3v) is 5.03. The summed E-state index contributed by atoms with van der Waals surface area (Å²) in [7, 11) is 0. The molecule has 2 atom stereocenters. The molecular formula is C16H20N2OS. The minimum Gasteiger partial charge on any atom is -0.334 e. The Kier molecular flexibility index (Phi) is 3.76. The van der Waals surface area contributed by atoms with Gasteiger partial charge in [0.25, 0.3) is 0 Å². The van der Waals surface area contributed by atoms with Crippen LogP contribution in [0.25, 0.3) is 10.1 Å². The van der Waals surface area contributed by atoms with Gasteiger partial charge >= 0.3 is 0 Å². The molecule has 1 amide bonds. The molecule has 4 heteroatoms. The summed E-state index contributed by atoms with van der Waals surface area (Å²) >= 11 is 1.74. The van der Waals surface area contributed by atoms with E-state index in [9.17, 15) is 4.79 Å². The number of carbonyl (C=O) groups excluding carboxylic acids is 1. The highest BCUT2D eigenvalue weighted by molar-refractivity contribution is 7.17. The molecule has 3 rings (SSSR count). The van der Waals surface area contributed by atoms with Crippen LogP contribution >= 0.6 is 11.3 Å². The van der Waals surface area contributed by atoms with Gasteiger partial charge in [0.05, 0.1) is 6.04 Å². The molecule has 0 saturated carbocycles. The average molecular weight is 288 g/mol. The van der Waals surface area contributed by atoms with E-state index in [1.807, 2.05) is 4.90 Å². The second kappa shape index (κ2) is 5.54. The standard InChI is InChI=1S/C16H20N2OS/c1-2-9-18-15(19)8-7-13(17)16(18)12-10-20-14-6-4-3-5-11(12)14/h3-6,10,13,16H,2,7-9,17H2,1H3. The van der Waals surface area contributed by atoms with Crippen LogP contribution in [0.3, 0.4) is 0 Å². The first-order valence-electron chi connectivity index (χ1n) is 7.23. The minimum atomic E-state index is 0.0346. The van der Waals surface area contributed by atoms with Gasteiger partial charge in [0, 0.05) is 23.7 Å². The molecule has 3 nitrogen and oxygen atoms in total. The molecule has 0 radical (unpaired) electrons. The van der Waals surface area contributed by atoms with Crippen molar-refractivity contribution in [1.29, 1.82) is 0 Å². The number of nitrogens with two attached hydrogens (primary N) is 1. The van der Waals surface area contributed by atoms with Gasteiger partial charge < -0.3 is 10.6 Å². The number of hydrogen-bond acceptors (Lipinski definition) is 3. The van der Waals surface area contributed by atoms with Gasteiger partial charge in [0.15, 0.2) is 0 Å². The number of piperidine rings is 1. The van der Waals surface area contributed by atoms with E-state index in [2.05, 4.69) is 36.6 Å². The van der Waals surface area contributed by atoms with Crippen molar-refractivity contribution in [3.8, 4) is 0 Å². The van der Waals surface area contributed by atoms with Crippen LogP contribution in [-0.4, -0.2) is 23.4 Å². The first kappa shape index (κ1) is 13.6. The summed E-state index contributed by atoms with van der Waals surface area (Å²) in [6, 6.07) is 8.45. The van der Waals surface area contributed by atoms with Crippen LogP contribution in [0.4, 0.5) is 0 Å². The van der Waals surface area contributed by atoms with Gasteiger partial charge in [-0.25, -0.2) is 0 Å². The number of benzene rings is 1. The molecule has 0 aliphatic carbocycles. The van der Waals surface area contributed by atoms with Gasteiger partial charge in [0.1, 0.15) is 0 Å². The van der Waals surface area contributed by atoms with Gasteiger partial charge in [-0.05, 0) is 35.2 Å². The molecule has 2 unspecified atom stereocenters. The number of rotatable bonds is 3. The fourth-order valence-corrected chi connectivity index (χ4v) is 4.10. The summed E-state index contributed by atoms with van der Waals surface area (Å²) in [6.07, 6.45) is 2.34. The Labute approximate surface area is 123 Å².